The first-order chi connectivity index (χ1) is 4.34. The van der Waals surface area contributed by atoms with Gasteiger partial charge < -0.3 is 0 Å². The Balaban J connectivity index is 4.35. The van der Waals surface area contributed by atoms with Crippen LogP contribution in [0, 0.1) is 0 Å². The molecule has 0 aliphatic rings. The highest BCUT2D eigenvalue weighted by atomic mass is 19.4. The Labute approximate surface area is 58.0 Å². The third-order valence-electron chi connectivity index (χ3n) is 0.910. The van der Waals surface area contributed by atoms with Crippen molar-refractivity contribution >= 4 is 0 Å². The largest absolute Gasteiger partial charge is 0.412 e. The van der Waals surface area contributed by atoms with Gasteiger partial charge in [-0.05, 0) is 13.8 Å². The SMILES string of the molecule is C=C(C)/C=C(\C)C(F)(F)F. The van der Waals surface area contributed by atoms with Crippen molar-refractivity contribution in [2.45, 2.75) is 20.0 Å². The predicted molar refractivity (Wildman–Crippen MR) is 34.6 cm³/mol. The van der Waals surface area contributed by atoms with E-state index in [1.54, 1.807) is 0 Å². The van der Waals surface area contributed by atoms with E-state index in [0.717, 1.165) is 13.0 Å². The van der Waals surface area contributed by atoms with Crippen LogP contribution in [0.1, 0.15) is 13.8 Å². The highest BCUT2D eigenvalue weighted by Gasteiger charge is 2.29. The molecule has 0 saturated heterocycles. The van der Waals surface area contributed by atoms with Crippen LogP contribution in [0.5, 0.6) is 0 Å². The van der Waals surface area contributed by atoms with E-state index in [2.05, 4.69) is 6.58 Å². The zero-order valence-electron chi connectivity index (χ0n) is 5.92. The molecule has 0 N–H and O–H groups in total. The molecule has 0 aromatic carbocycles. The highest BCUT2D eigenvalue weighted by molar-refractivity contribution is 5.20. The lowest BCUT2D eigenvalue weighted by Crippen LogP contribution is -2.08. The van der Waals surface area contributed by atoms with Crippen molar-refractivity contribution in [3.8, 4) is 0 Å². The van der Waals surface area contributed by atoms with Crippen LogP contribution in [-0.4, -0.2) is 6.18 Å². The molecular weight excluding hydrogens is 141 g/mol. The standard InChI is InChI=1S/C7H9F3/c1-5(2)4-6(3)7(8,9)10/h4H,1H2,2-3H3/b6-4+. The molecule has 10 heavy (non-hydrogen) atoms. The molecule has 0 atom stereocenters. The minimum atomic E-state index is -4.21. The lowest BCUT2D eigenvalue weighted by molar-refractivity contribution is -0.0913. The molecule has 0 heterocycles. The van der Waals surface area contributed by atoms with E-state index in [1.165, 1.54) is 6.92 Å². The second-order valence-corrected chi connectivity index (χ2v) is 2.17. The van der Waals surface area contributed by atoms with E-state index in [4.69, 9.17) is 0 Å². The number of hydrogen-bond acceptors (Lipinski definition) is 0. The van der Waals surface area contributed by atoms with Crippen LogP contribution in [0.4, 0.5) is 13.2 Å². The smallest absolute Gasteiger partial charge is 0.166 e. The predicted octanol–water partition coefficient (Wildman–Crippen LogP) is 3.07. The third-order valence-corrected chi connectivity index (χ3v) is 0.910. The summed E-state index contributed by atoms with van der Waals surface area (Å²) in [6, 6.07) is 0. The lowest BCUT2D eigenvalue weighted by atomic mass is 10.2. The molecule has 0 nitrogen and oxygen atoms in total. The van der Waals surface area contributed by atoms with Gasteiger partial charge in [0.2, 0.25) is 0 Å². The van der Waals surface area contributed by atoms with Gasteiger partial charge in [-0.1, -0.05) is 18.2 Å². The molecule has 0 radical (unpaired) electrons. The van der Waals surface area contributed by atoms with Crippen molar-refractivity contribution in [1.29, 1.82) is 0 Å². The Hall–Kier alpha value is -0.730. The Morgan fingerprint density at radius 3 is 1.80 bits per heavy atom. The van der Waals surface area contributed by atoms with Gasteiger partial charge in [0, 0.05) is 5.57 Å². The van der Waals surface area contributed by atoms with Crippen molar-refractivity contribution < 1.29 is 13.2 Å². The van der Waals surface area contributed by atoms with Gasteiger partial charge in [0.05, 0.1) is 0 Å². The first-order valence-electron chi connectivity index (χ1n) is 2.75. The van der Waals surface area contributed by atoms with Crippen molar-refractivity contribution in [3.63, 3.8) is 0 Å². The molecule has 0 amide bonds. The van der Waals surface area contributed by atoms with E-state index in [1.807, 2.05) is 0 Å². The average molecular weight is 150 g/mol. The summed E-state index contributed by atoms with van der Waals surface area (Å²) in [5.74, 6) is 0. The minimum Gasteiger partial charge on any atom is -0.166 e. The van der Waals surface area contributed by atoms with Crippen molar-refractivity contribution in [2.75, 3.05) is 0 Å². The van der Waals surface area contributed by atoms with Crippen LogP contribution in [0.2, 0.25) is 0 Å². The van der Waals surface area contributed by atoms with Crippen LogP contribution >= 0.6 is 0 Å². The molecule has 58 valence electrons. The zero-order chi connectivity index (χ0) is 8.36. The summed E-state index contributed by atoms with van der Waals surface area (Å²) in [7, 11) is 0. The second kappa shape index (κ2) is 2.90. The summed E-state index contributed by atoms with van der Waals surface area (Å²) < 4.78 is 35.1. The number of alkyl halides is 3. The van der Waals surface area contributed by atoms with Gasteiger partial charge >= 0.3 is 6.18 Å². The molecule has 0 aromatic rings. The maximum atomic E-state index is 11.7. The van der Waals surface area contributed by atoms with Crippen molar-refractivity contribution in [3.05, 3.63) is 23.8 Å². The van der Waals surface area contributed by atoms with Crippen LogP contribution in [0.15, 0.2) is 23.8 Å². The van der Waals surface area contributed by atoms with Crippen LogP contribution in [-0.2, 0) is 0 Å². The van der Waals surface area contributed by atoms with Crippen molar-refractivity contribution in [2.24, 2.45) is 0 Å². The average Bonchev–Trinajstić information content (AvgIpc) is 1.60. The van der Waals surface area contributed by atoms with Gasteiger partial charge in [-0.2, -0.15) is 13.2 Å². The Morgan fingerprint density at radius 2 is 1.70 bits per heavy atom. The van der Waals surface area contributed by atoms with E-state index in [0.29, 0.717) is 5.57 Å². The van der Waals surface area contributed by atoms with Gasteiger partial charge in [0.25, 0.3) is 0 Å². The molecule has 0 aliphatic heterocycles. The maximum absolute atomic E-state index is 11.7. The summed E-state index contributed by atoms with van der Waals surface area (Å²) in [5, 5.41) is 0. The summed E-state index contributed by atoms with van der Waals surface area (Å²) in [4.78, 5) is 0. The molecule has 0 bridgehead atoms. The second-order valence-electron chi connectivity index (χ2n) is 2.17. The Bertz CT molecular complexity index is 162. The van der Waals surface area contributed by atoms with E-state index < -0.39 is 11.7 Å². The molecule has 0 rings (SSSR count). The molecule has 0 aliphatic carbocycles. The quantitative estimate of drug-likeness (QED) is 0.504. The topological polar surface area (TPSA) is 0 Å². The van der Waals surface area contributed by atoms with Gasteiger partial charge in [-0.15, -0.1) is 0 Å². The fourth-order valence-corrected chi connectivity index (χ4v) is 0.451. The summed E-state index contributed by atoms with van der Waals surface area (Å²) in [5.41, 5.74) is -0.199. The first-order valence-corrected chi connectivity index (χ1v) is 2.75. The molecular formula is C7H9F3. The van der Waals surface area contributed by atoms with E-state index in [-0.39, 0.29) is 0 Å². The van der Waals surface area contributed by atoms with E-state index >= 15 is 0 Å². The highest BCUT2D eigenvalue weighted by Crippen LogP contribution is 2.25. The molecule has 0 spiro atoms. The number of rotatable bonds is 1. The third kappa shape index (κ3) is 3.33. The maximum Gasteiger partial charge on any atom is 0.412 e. The number of allylic oxidation sites excluding steroid dienone is 3. The van der Waals surface area contributed by atoms with Crippen molar-refractivity contribution in [1.82, 2.24) is 0 Å². The molecule has 0 saturated carbocycles. The molecule has 0 fully saturated rings. The summed E-state index contributed by atoms with van der Waals surface area (Å²) in [6.45, 7) is 5.88. The Kier molecular flexibility index (Phi) is 2.69. The van der Waals surface area contributed by atoms with Gasteiger partial charge in [0.15, 0.2) is 0 Å². The van der Waals surface area contributed by atoms with E-state index in [9.17, 15) is 13.2 Å². The van der Waals surface area contributed by atoms with Gasteiger partial charge in [-0.3, -0.25) is 0 Å². The fourth-order valence-electron chi connectivity index (χ4n) is 0.451. The molecule has 0 aromatic heterocycles. The zero-order valence-corrected chi connectivity index (χ0v) is 5.92. The monoisotopic (exact) mass is 150 g/mol. The lowest BCUT2D eigenvalue weighted by Gasteiger charge is -2.05. The first kappa shape index (κ1) is 9.27. The normalized spacial score (nSPS) is 13.5. The van der Waals surface area contributed by atoms with Gasteiger partial charge in [0.1, 0.15) is 0 Å². The van der Waals surface area contributed by atoms with Crippen LogP contribution in [0.25, 0.3) is 0 Å². The summed E-state index contributed by atoms with van der Waals surface area (Å²) >= 11 is 0. The summed E-state index contributed by atoms with van der Waals surface area (Å²) in [6.07, 6.45) is -3.20. The molecule has 0 unspecified atom stereocenters. The van der Waals surface area contributed by atoms with Crippen LogP contribution < -0.4 is 0 Å². The van der Waals surface area contributed by atoms with Crippen LogP contribution in [0.3, 0.4) is 0 Å². The Morgan fingerprint density at radius 1 is 1.30 bits per heavy atom. The van der Waals surface area contributed by atoms with Gasteiger partial charge in [-0.25, -0.2) is 0 Å². The number of hydrogen-bond donors (Lipinski definition) is 0. The fraction of sp³-hybridized carbons (Fsp3) is 0.429. The minimum absolute atomic E-state index is 0.412. The number of halogens is 3. The molecule has 3 heteroatoms.